The van der Waals surface area contributed by atoms with E-state index in [0.717, 1.165) is 23.6 Å². The largest absolute Gasteiger partial charge is 0.466 e. The molecular weight excluding hydrogens is 192 g/mol. The number of aromatic nitrogens is 2. The molecule has 0 fully saturated rings. The van der Waals surface area contributed by atoms with Gasteiger partial charge in [0.1, 0.15) is 5.82 Å². The fourth-order valence-electron chi connectivity index (χ4n) is 1.25. The number of nitrogens with zero attached hydrogens (tertiary/aromatic N) is 1. The van der Waals surface area contributed by atoms with Gasteiger partial charge in [0.15, 0.2) is 0 Å². The van der Waals surface area contributed by atoms with Crippen molar-refractivity contribution in [1.29, 1.82) is 0 Å². The summed E-state index contributed by atoms with van der Waals surface area (Å²) in [6.45, 7) is 6.41. The number of hydrogen-bond acceptors (Lipinski definition) is 3. The molecule has 0 saturated heterocycles. The van der Waals surface area contributed by atoms with Crippen LogP contribution in [0.3, 0.4) is 0 Å². The lowest BCUT2D eigenvalue weighted by Gasteiger charge is -2.01. The molecule has 84 valence electrons. The molecule has 1 rings (SSSR count). The van der Waals surface area contributed by atoms with Crippen LogP contribution in [0.1, 0.15) is 37.0 Å². The predicted octanol–water partition coefficient (Wildman–Crippen LogP) is 1.91. The van der Waals surface area contributed by atoms with E-state index in [2.05, 4.69) is 9.97 Å². The lowest BCUT2D eigenvalue weighted by Crippen LogP contribution is -2.07. The molecule has 0 aliphatic rings. The Morgan fingerprint density at radius 3 is 2.73 bits per heavy atom. The van der Waals surface area contributed by atoms with Gasteiger partial charge in [-0.2, -0.15) is 0 Å². The zero-order chi connectivity index (χ0) is 11.3. The van der Waals surface area contributed by atoms with Gasteiger partial charge in [-0.1, -0.05) is 6.92 Å². The maximum absolute atomic E-state index is 11.2. The smallest absolute Gasteiger partial charge is 0.306 e. The van der Waals surface area contributed by atoms with E-state index in [1.807, 2.05) is 20.8 Å². The molecule has 0 aliphatic heterocycles. The van der Waals surface area contributed by atoms with Gasteiger partial charge in [-0.15, -0.1) is 0 Å². The fraction of sp³-hybridized carbons (Fsp3) is 0.636. The third-order valence-corrected chi connectivity index (χ3v) is 2.21. The molecule has 1 N–H and O–H groups in total. The highest BCUT2D eigenvalue weighted by Crippen LogP contribution is 2.05. The van der Waals surface area contributed by atoms with E-state index in [1.165, 1.54) is 0 Å². The number of hydrogen-bond donors (Lipinski definition) is 1. The van der Waals surface area contributed by atoms with E-state index in [0.29, 0.717) is 19.4 Å². The lowest BCUT2D eigenvalue weighted by atomic mass is 10.3. The number of ether oxygens (including phenoxy) is 1. The van der Waals surface area contributed by atoms with Gasteiger partial charge in [-0.25, -0.2) is 4.98 Å². The molecule has 4 nitrogen and oxygen atoms in total. The highest BCUT2D eigenvalue weighted by Gasteiger charge is 2.06. The van der Waals surface area contributed by atoms with Gasteiger partial charge >= 0.3 is 5.97 Å². The summed E-state index contributed by atoms with van der Waals surface area (Å²) >= 11 is 0. The van der Waals surface area contributed by atoms with Gasteiger partial charge < -0.3 is 9.72 Å². The summed E-state index contributed by atoms with van der Waals surface area (Å²) in [5, 5.41) is 0. The summed E-state index contributed by atoms with van der Waals surface area (Å²) in [4.78, 5) is 18.6. The molecule has 0 radical (unpaired) electrons. The number of imidazole rings is 1. The summed E-state index contributed by atoms with van der Waals surface area (Å²) < 4.78 is 4.97. The molecule has 0 bridgehead atoms. The minimum absolute atomic E-state index is 0.149. The maximum Gasteiger partial charge on any atom is 0.306 e. The molecule has 0 spiro atoms. The van der Waals surface area contributed by atoms with Crippen molar-refractivity contribution in [2.75, 3.05) is 6.61 Å². The van der Waals surface area contributed by atoms with Crippen molar-refractivity contribution in [2.24, 2.45) is 0 Å². The van der Waals surface area contributed by atoms with Crippen LogP contribution < -0.4 is 0 Å². The second-order valence-corrected chi connectivity index (χ2v) is 3.61. The van der Waals surface area contributed by atoms with E-state index in [1.54, 1.807) is 0 Å². The molecule has 1 aromatic heterocycles. The maximum atomic E-state index is 11.2. The van der Waals surface area contributed by atoms with Crippen LogP contribution in [0.15, 0.2) is 0 Å². The molecule has 0 unspecified atom stereocenters. The number of carbonyl (C=O) groups is 1. The monoisotopic (exact) mass is 210 g/mol. The number of H-pyrrole nitrogens is 1. The van der Waals surface area contributed by atoms with Crippen molar-refractivity contribution in [2.45, 2.75) is 40.0 Å². The standard InChI is InChI=1S/C11H18N2O2/c1-4-7-15-11(14)6-5-10-12-8(2)9(3)13-10/h4-7H2,1-3H3,(H,12,13). The van der Waals surface area contributed by atoms with Gasteiger partial charge in [-0.05, 0) is 20.3 Å². The van der Waals surface area contributed by atoms with Gasteiger partial charge in [0.2, 0.25) is 0 Å². The number of aryl methyl sites for hydroxylation is 3. The average Bonchev–Trinajstić information content (AvgIpc) is 2.52. The Morgan fingerprint density at radius 2 is 2.20 bits per heavy atom. The van der Waals surface area contributed by atoms with Crippen molar-refractivity contribution < 1.29 is 9.53 Å². The first kappa shape index (κ1) is 11.8. The van der Waals surface area contributed by atoms with E-state index in [-0.39, 0.29) is 5.97 Å². The van der Waals surface area contributed by atoms with Crippen LogP contribution in [0.2, 0.25) is 0 Å². The van der Waals surface area contributed by atoms with Crippen molar-refractivity contribution in [3.05, 3.63) is 17.2 Å². The van der Waals surface area contributed by atoms with Crippen LogP contribution in [-0.4, -0.2) is 22.5 Å². The number of nitrogens with one attached hydrogen (secondary N) is 1. The summed E-state index contributed by atoms with van der Waals surface area (Å²) in [6, 6.07) is 0. The van der Waals surface area contributed by atoms with Crippen LogP contribution in [0.5, 0.6) is 0 Å². The zero-order valence-corrected chi connectivity index (χ0v) is 9.59. The highest BCUT2D eigenvalue weighted by atomic mass is 16.5. The fourth-order valence-corrected chi connectivity index (χ4v) is 1.25. The van der Waals surface area contributed by atoms with E-state index in [9.17, 15) is 4.79 Å². The number of carbonyl (C=O) groups excluding carboxylic acids is 1. The van der Waals surface area contributed by atoms with Gasteiger partial charge in [-0.3, -0.25) is 4.79 Å². The second-order valence-electron chi connectivity index (χ2n) is 3.61. The topological polar surface area (TPSA) is 55.0 Å². The van der Waals surface area contributed by atoms with Crippen molar-refractivity contribution in [3.63, 3.8) is 0 Å². The van der Waals surface area contributed by atoms with Crippen molar-refractivity contribution in [1.82, 2.24) is 9.97 Å². The Labute approximate surface area is 90.1 Å². The molecule has 0 aliphatic carbocycles. The normalized spacial score (nSPS) is 10.3. The van der Waals surface area contributed by atoms with Gasteiger partial charge in [0.05, 0.1) is 18.7 Å². The van der Waals surface area contributed by atoms with Crippen LogP contribution >= 0.6 is 0 Å². The van der Waals surface area contributed by atoms with Crippen LogP contribution in [-0.2, 0) is 16.0 Å². The highest BCUT2D eigenvalue weighted by molar-refractivity contribution is 5.69. The predicted molar refractivity (Wildman–Crippen MR) is 57.6 cm³/mol. The summed E-state index contributed by atoms with van der Waals surface area (Å²) in [5.41, 5.74) is 2.05. The molecule has 0 atom stereocenters. The van der Waals surface area contributed by atoms with Crippen molar-refractivity contribution >= 4 is 5.97 Å². The van der Waals surface area contributed by atoms with Gasteiger partial charge in [0.25, 0.3) is 0 Å². The summed E-state index contributed by atoms with van der Waals surface area (Å²) in [6.07, 6.45) is 1.88. The van der Waals surface area contributed by atoms with E-state index >= 15 is 0 Å². The SMILES string of the molecule is CCCOC(=O)CCc1nc(C)c(C)[nH]1. The molecule has 0 aromatic carbocycles. The molecule has 1 heterocycles. The Hall–Kier alpha value is -1.32. The second kappa shape index (κ2) is 5.53. The molecular formula is C11H18N2O2. The Morgan fingerprint density at radius 1 is 1.47 bits per heavy atom. The van der Waals surface area contributed by atoms with Crippen LogP contribution in [0.4, 0.5) is 0 Å². The number of rotatable bonds is 5. The zero-order valence-electron chi connectivity index (χ0n) is 9.59. The first-order chi connectivity index (χ1) is 7.13. The summed E-state index contributed by atoms with van der Waals surface area (Å²) in [7, 11) is 0. The van der Waals surface area contributed by atoms with E-state index in [4.69, 9.17) is 4.74 Å². The first-order valence-electron chi connectivity index (χ1n) is 5.31. The third-order valence-electron chi connectivity index (χ3n) is 2.21. The Kier molecular flexibility index (Phi) is 4.34. The third kappa shape index (κ3) is 3.73. The first-order valence-corrected chi connectivity index (χ1v) is 5.31. The Bertz CT molecular complexity index is 312. The lowest BCUT2D eigenvalue weighted by molar-refractivity contribution is -0.143. The number of esters is 1. The van der Waals surface area contributed by atoms with Crippen LogP contribution in [0, 0.1) is 13.8 Å². The summed E-state index contributed by atoms with van der Waals surface area (Å²) in [5.74, 6) is 0.710. The van der Waals surface area contributed by atoms with Crippen LogP contribution in [0.25, 0.3) is 0 Å². The number of aromatic amines is 1. The van der Waals surface area contributed by atoms with Crippen molar-refractivity contribution in [3.8, 4) is 0 Å². The molecule has 15 heavy (non-hydrogen) atoms. The minimum Gasteiger partial charge on any atom is -0.466 e. The Balaban J connectivity index is 2.33. The minimum atomic E-state index is -0.149. The quantitative estimate of drug-likeness (QED) is 0.755. The average molecular weight is 210 g/mol. The van der Waals surface area contributed by atoms with Gasteiger partial charge in [0, 0.05) is 12.1 Å². The van der Waals surface area contributed by atoms with E-state index < -0.39 is 0 Å². The molecule has 0 saturated carbocycles. The molecule has 1 aromatic rings. The molecule has 0 amide bonds. The molecule has 4 heteroatoms.